The molecule has 6 nitrogen and oxygen atoms in total. The first-order valence-electron chi connectivity index (χ1n) is 8.24. The van der Waals surface area contributed by atoms with Crippen molar-refractivity contribution in [3.63, 3.8) is 0 Å². The van der Waals surface area contributed by atoms with Crippen molar-refractivity contribution in [1.29, 1.82) is 0 Å². The van der Waals surface area contributed by atoms with E-state index in [1.807, 2.05) is 13.8 Å². The van der Waals surface area contributed by atoms with Gasteiger partial charge in [0.05, 0.1) is 29.6 Å². The molecule has 25 heavy (non-hydrogen) atoms. The zero-order chi connectivity index (χ0) is 18.9. The van der Waals surface area contributed by atoms with Crippen molar-refractivity contribution in [2.45, 2.75) is 45.8 Å². The van der Waals surface area contributed by atoms with Gasteiger partial charge in [0.2, 0.25) is 0 Å². The molecule has 140 valence electrons. The Morgan fingerprint density at radius 1 is 1.32 bits per heavy atom. The van der Waals surface area contributed by atoms with Gasteiger partial charge < -0.3 is 10.0 Å². The zero-order valence-corrected chi connectivity index (χ0v) is 14.4. The Balaban J connectivity index is 2.26. The Bertz CT molecular complexity index is 653. The van der Waals surface area contributed by atoms with Crippen LogP contribution in [0.2, 0.25) is 0 Å². The van der Waals surface area contributed by atoms with Gasteiger partial charge in [0.1, 0.15) is 0 Å². The van der Waals surface area contributed by atoms with E-state index >= 15 is 0 Å². The number of carbonyl (C=O) groups is 2. The lowest BCUT2D eigenvalue weighted by Crippen LogP contribution is -2.34. The van der Waals surface area contributed by atoms with Gasteiger partial charge in [-0.05, 0) is 19.8 Å². The molecule has 1 aromatic rings. The van der Waals surface area contributed by atoms with E-state index in [0.29, 0.717) is 5.69 Å². The highest BCUT2D eigenvalue weighted by atomic mass is 19.4. The molecule has 1 aliphatic heterocycles. The summed E-state index contributed by atoms with van der Waals surface area (Å²) in [6.45, 7) is 4.58. The van der Waals surface area contributed by atoms with Gasteiger partial charge in [0.15, 0.2) is 0 Å². The quantitative estimate of drug-likeness (QED) is 0.875. The zero-order valence-electron chi connectivity index (χ0n) is 14.4. The fourth-order valence-corrected chi connectivity index (χ4v) is 3.36. The average Bonchev–Trinajstić information content (AvgIpc) is 3.13. The van der Waals surface area contributed by atoms with Crippen LogP contribution < -0.4 is 0 Å². The minimum absolute atomic E-state index is 0.106. The van der Waals surface area contributed by atoms with Gasteiger partial charge in [-0.25, -0.2) is 0 Å². The third-order valence-electron chi connectivity index (χ3n) is 4.91. The maximum atomic E-state index is 13.1. The highest BCUT2D eigenvalue weighted by Crippen LogP contribution is 2.38. The molecule has 2 heterocycles. The number of likely N-dealkylation sites (tertiary alicyclic amines) is 1. The second kappa shape index (κ2) is 7.05. The van der Waals surface area contributed by atoms with Crippen LogP contribution in [0.4, 0.5) is 13.2 Å². The summed E-state index contributed by atoms with van der Waals surface area (Å²) in [5.41, 5.74) is 0.805. The summed E-state index contributed by atoms with van der Waals surface area (Å²) in [6, 6.07) is 0.106. The Hall–Kier alpha value is -2.06. The summed E-state index contributed by atoms with van der Waals surface area (Å²) in [5.74, 6) is -5.84. The lowest BCUT2D eigenvalue weighted by molar-refractivity contribution is -0.187. The van der Waals surface area contributed by atoms with Crippen molar-refractivity contribution >= 4 is 11.9 Å². The third kappa shape index (κ3) is 3.64. The number of hydrogen-bond acceptors (Lipinski definition) is 3. The van der Waals surface area contributed by atoms with Crippen LogP contribution in [0, 0.1) is 18.8 Å². The molecule has 2 atom stereocenters. The van der Waals surface area contributed by atoms with Crippen LogP contribution >= 0.6 is 0 Å². The number of aromatic nitrogens is 2. The summed E-state index contributed by atoms with van der Waals surface area (Å²) in [5, 5.41) is 13.3. The van der Waals surface area contributed by atoms with E-state index in [2.05, 4.69) is 5.10 Å². The first-order valence-corrected chi connectivity index (χ1v) is 8.24. The van der Waals surface area contributed by atoms with Crippen LogP contribution in [0.25, 0.3) is 0 Å². The standard InChI is InChI=1S/C16H22F3N3O3/c1-4-10(5-2)22-9(3)11(6-20-22)14(23)21-7-12(15(24)25)13(8-21)16(17,18)19/h6,10,12-13H,4-5,7-8H2,1-3H3,(H,24,25)/t12-,13-/m1/s1. The summed E-state index contributed by atoms with van der Waals surface area (Å²) in [7, 11) is 0. The van der Waals surface area contributed by atoms with E-state index in [1.165, 1.54) is 6.20 Å². The second-order valence-corrected chi connectivity index (χ2v) is 6.36. The molecular formula is C16H22F3N3O3. The summed E-state index contributed by atoms with van der Waals surface area (Å²) in [4.78, 5) is 24.8. The topological polar surface area (TPSA) is 75.4 Å². The maximum Gasteiger partial charge on any atom is 0.394 e. The molecule has 1 fully saturated rings. The number of hydrogen-bond donors (Lipinski definition) is 1. The Morgan fingerprint density at radius 3 is 2.36 bits per heavy atom. The monoisotopic (exact) mass is 361 g/mol. The van der Waals surface area contributed by atoms with E-state index in [-0.39, 0.29) is 11.6 Å². The van der Waals surface area contributed by atoms with Gasteiger partial charge >= 0.3 is 12.1 Å². The minimum Gasteiger partial charge on any atom is -0.481 e. The van der Waals surface area contributed by atoms with E-state index in [9.17, 15) is 22.8 Å². The maximum absolute atomic E-state index is 13.1. The fraction of sp³-hybridized carbons (Fsp3) is 0.688. The molecule has 0 aliphatic carbocycles. The van der Waals surface area contributed by atoms with Gasteiger partial charge in [-0.15, -0.1) is 0 Å². The van der Waals surface area contributed by atoms with Crippen LogP contribution in [-0.4, -0.2) is 50.9 Å². The number of amides is 1. The van der Waals surface area contributed by atoms with Crippen LogP contribution in [-0.2, 0) is 4.79 Å². The highest BCUT2D eigenvalue weighted by molar-refractivity contribution is 5.95. The molecule has 1 aliphatic rings. The van der Waals surface area contributed by atoms with Crippen LogP contribution in [0.3, 0.4) is 0 Å². The molecule has 0 saturated carbocycles. The Labute approximate surface area is 143 Å². The Morgan fingerprint density at radius 2 is 1.92 bits per heavy atom. The minimum atomic E-state index is -4.66. The molecule has 2 rings (SSSR count). The first kappa shape index (κ1) is 19.3. The van der Waals surface area contributed by atoms with E-state index in [1.54, 1.807) is 11.6 Å². The molecule has 0 radical (unpaired) electrons. The van der Waals surface area contributed by atoms with Crippen molar-refractivity contribution in [2.24, 2.45) is 11.8 Å². The van der Waals surface area contributed by atoms with Crippen molar-refractivity contribution in [3.05, 3.63) is 17.5 Å². The van der Waals surface area contributed by atoms with Gasteiger partial charge in [0, 0.05) is 18.8 Å². The molecule has 0 unspecified atom stereocenters. The average molecular weight is 361 g/mol. The van der Waals surface area contributed by atoms with Crippen molar-refractivity contribution in [1.82, 2.24) is 14.7 Å². The molecule has 1 saturated heterocycles. The molecular weight excluding hydrogens is 339 g/mol. The van der Waals surface area contributed by atoms with Gasteiger partial charge in [-0.2, -0.15) is 18.3 Å². The molecule has 9 heteroatoms. The summed E-state index contributed by atoms with van der Waals surface area (Å²) >= 11 is 0. The number of carboxylic acid groups (broad SMARTS) is 1. The van der Waals surface area contributed by atoms with E-state index < -0.39 is 43.0 Å². The largest absolute Gasteiger partial charge is 0.481 e. The van der Waals surface area contributed by atoms with E-state index in [4.69, 9.17) is 5.11 Å². The van der Waals surface area contributed by atoms with Gasteiger partial charge in [-0.3, -0.25) is 14.3 Å². The molecule has 1 amide bonds. The number of aliphatic carboxylic acids is 1. The lowest BCUT2D eigenvalue weighted by atomic mass is 9.96. The molecule has 1 aromatic heterocycles. The first-order chi connectivity index (χ1) is 11.6. The number of nitrogens with zero attached hydrogens (tertiary/aromatic N) is 3. The second-order valence-electron chi connectivity index (χ2n) is 6.36. The van der Waals surface area contributed by atoms with Crippen molar-refractivity contribution < 1.29 is 27.9 Å². The smallest absolute Gasteiger partial charge is 0.394 e. The summed E-state index contributed by atoms with van der Waals surface area (Å²) < 4.78 is 40.9. The predicted molar refractivity (Wildman–Crippen MR) is 83.2 cm³/mol. The van der Waals surface area contributed by atoms with Gasteiger partial charge in [-0.1, -0.05) is 13.8 Å². The molecule has 0 bridgehead atoms. The number of rotatable bonds is 5. The number of halogens is 3. The predicted octanol–water partition coefficient (Wildman–Crippen LogP) is 2.89. The number of carboxylic acids is 1. The Kier molecular flexibility index (Phi) is 5.43. The molecule has 0 spiro atoms. The summed E-state index contributed by atoms with van der Waals surface area (Å²) in [6.07, 6.45) is -1.68. The van der Waals surface area contributed by atoms with Crippen LogP contribution in [0.15, 0.2) is 6.20 Å². The SMILES string of the molecule is CCC(CC)n1ncc(C(=O)N2C[C@@H](C(F)(F)F)[C@H](C(=O)O)C2)c1C. The molecule has 0 aromatic carbocycles. The van der Waals surface area contributed by atoms with Crippen molar-refractivity contribution in [2.75, 3.05) is 13.1 Å². The van der Waals surface area contributed by atoms with Crippen LogP contribution in [0.1, 0.15) is 48.8 Å². The van der Waals surface area contributed by atoms with Gasteiger partial charge in [0.25, 0.3) is 5.91 Å². The van der Waals surface area contributed by atoms with Crippen molar-refractivity contribution in [3.8, 4) is 0 Å². The number of carbonyl (C=O) groups excluding carboxylic acids is 1. The lowest BCUT2D eigenvalue weighted by Gasteiger charge is -2.19. The van der Waals surface area contributed by atoms with Crippen LogP contribution in [0.5, 0.6) is 0 Å². The third-order valence-corrected chi connectivity index (χ3v) is 4.91. The highest BCUT2D eigenvalue weighted by Gasteiger charge is 2.53. The normalized spacial score (nSPS) is 21.2. The van der Waals surface area contributed by atoms with E-state index in [0.717, 1.165) is 17.7 Å². The molecule has 1 N–H and O–H groups in total. The number of alkyl halides is 3. The fourth-order valence-electron chi connectivity index (χ4n) is 3.36.